The normalized spacial score (nSPS) is 12.7. The molecule has 0 saturated carbocycles. The van der Waals surface area contributed by atoms with E-state index < -0.39 is 29.5 Å². The number of benzene rings is 1. The van der Waals surface area contributed by atoms with Crippen LogP contribution in [0.15, 0.2) is 42.5 Å². The number of pyridine rings is 1. The second-order valence-electron chi connectivity index (χ2n) is 5.22. The monoisotopic (exact) mass is 341 g/mol. The molecule has 24 heavy (non-hydrogen) atoms. The van der Waals surface area contributed by atoms with Gasteiger partial charge >= 0.3 is 6.18 Å². The predicted octanol–water partition coefficient (Wildman–Crippen LogP) is 3.00. The second-order valence-corrected chi connectivity index (χ2v) is 5.22. The molecule has 0 bridgehead atoms. The number of carbonyl (C=O) groups excluding carboxylic acids is 1. The summed E-state index contributed by atoms with van der Waals surface area (Å²) < 4.78 is 50.7. The van der Waals surface area contributed by atoms with Gasteiger partial charge in [-0.3, -0.25) is 4.79 Å². The molecule has 8 heteroatoms. The van der Waals surface area contributed by atoms with E-state index in [1.165, 1.54) is 36.4 Å². The number of primary amides is 1. The van der Waals surface area contributed by atoms with Gasteiger partial charge in [-0.25, -0.2) is 9.37 Å². The van der Waals surface area contributed by atoms with Crippen molar-refractivity contribution in [1.29, 1.82) is 0 Å². The Morgan fingerprint density at radius 1 is 1.17 bits per heavy atom. The summed E-state index contributed by atoms with van der Waals surface area (Å²) in [7, 11) is 0. The van der Waals surface area contributed by atoms with E-state index in [0.717, 1.165) is 6.07 Å². The van der Waals surface area contributed by atoms with Gasteiger partial charge in [-0.2, -0.15) is 13.2 Å². The molecular weight excluding hydrogens is 326 g/mol. The number of carbonyl (C=O) groups is 1. The third kappa shape index (κ3) is 4.94. The van der Waals surface area contributed by atoms with E-state index in [2.05, 4.69) is 10.3 Å². The summed E-state index contributed by atoms with van der Waals surface area (Å²) in [5, 5.41) is 2.68. The van der Waals surface area contributed by atoms with Crippen molar-refractivity contribution < 1.29 is 22.4 Å². The fourth-order valence-corrected chi connectivity index (χ4v) is 2.10. The van der Waals surface area contributed by atoms with Crippen LogP contribution in [0.5, 0.6) is 0 Å². The maximum absolute atomic E-state index is 12.9. The van der Waals surface area contributed by atoms with Crippen LogP contribution in [-0.2, 0) is 17.4 Å². The maximum Gasteiger partial charge on any atom is 0.433 e. The van der Waals surface area contributed by atoms with Crippen molar-refractivity contribution in [3.63, 3.8) is 0 Å². The topological polar surface area (TPSA) is 68.0 Å². The number of alkyl halides is 3. The molecule has 0 saturated heterocycles. The lowest BCUT2D eigenvalue weighted by molar-refractivity contribution is -0.141. The summed E-state index contributed by atoms with van der Waals surface area (Å²) in [4.78, 5) is 15.0. The van der Waals surface area contributed by atoms with Gasteiger partial charge in [-0.05, 0) is 36.2 Å². The number of nitrogens with two attached hydrogens (primary N) is 1. The molecule has 1 unspecified atom stereocenters. The van der Waals surface area contributed by atoms with Gasteiger partial charge in [0, 0.05) is 6.54 Å². The van der Waals surface area contributed by atoms with E-state index in [-0.39, 0.29) is 18.8 Å². The number of anilines is 1. The van der Waals surface area contributed by atoms with Crippen molar-refractivity contribution in [2.24, 2.45) is 11.7 Å². The van der Waals surface area contributed by atoms with E-state index in [9.17, 15) is 22.4 Å². The van der Waals surface area contributed by atoms with E-state index in [4.69, 9.17) is 5.73 Å². The number of aromatic nitrogens is 1. The fourth-order valence-electron chi connectivity index (χ4n) is 2.10. The van der Waals surface area contributed by atoms with Crippen molar-refractivity contribution in [3.8, 4) is 0 Å². The molecule has 128 valence electrons. The summed E-state index contributed by atoms with van der Waals surface area (Å²) in [6, 6.07) is 9.00. The maximum atomic E-state index is 12.9. The smallest absolute Gasteiger partial charge is 0.369 e. The first-order chi connectivity index (χ1) is 11.3. The van der Waals surface area contributed by atoms with Gasteiger partial charge in [0.2, 0.25) is 5.91 Å². The predicted molar refractivity (Wildman–Crippen MR) is 80.5 cm³/mol. The van der Waals surface area contributed by atoms with Gasteiger partial charge in [0.05, 0.1) is 5.92 Å². The van der Waals surface area contributed by atoms with Crippen LogP contribution in [0.1, 0.15) is 11.3 Å². The molecule has 4 nitrogen and oxygen atoms in total. The standard InChI is InChI=1S/C16H15F4N3O/c17-12-6-4-10(5-7-12)8-11(15(21)24)9-22-14-3-1-2-13(23-14)16(18,19)20/h1-7,11H,8-9H2,(H2,21,24)(H,22,23). The molecule has 1 atom stereocenters. The van der Waals surface area contributed by atoms with Gasteiger partial charge in [-0.1, -0.05) is 18.2 Å². The van der Waals surface area contributed by atoms with E-state index >= 15 is 0 Å². The van der Waals surface area contributed by atoms with Crippen molar-refractivity contribution in [2.45, 2.75) is 12.6 Å². The number of nitrogens with zero attached hydrogens (tertiary/aromatic N) is 1. The Kier molecular flexibility index (Phi) is 5.38. The fraction of sp³-hybridized carbons (Fsp3) is 0.250. The molecule has 0 aliphatic heterocycles. The Bertz CT molecular complexity index is 701. The summed E-state index contributed by atoms with van der Waals surface area (Å²) in [6.07, 6.45) is -4.31. The number of hydrogen-bond donors (Lipinski definition) is 2. The molecule has 0 aliphatic rings. The number of rotatable bonds is 6. The van der Waals surface area contributed by atoms with Crippen LogP contribution < -0.4 is 11.1 Å². The Labute approximate surface area is 135 Å². The number of hydrogen-bond acceptors (Lipinski definition) is 3. The molecule has 3 N–H and O–H groups in total. The Morgan fingerprint density at radius 2 is 1.83 bits per heavy atom. The average Bonchev–Trinajstić information content (AvgIpc) is 2.52. The van der Waals surface area contributed by atoms with E-state index in [1.807, 2.05) is 0 Å². The zero-order chi connectivity index (χ0) is 17.7. The molecule has 1 aromatic heterocycles. The Balaban J connectivity index is 2.04. The zero-order valence-electron chi connectivity index (χ0n) is 12.5. The van der Waals surface area contributed by atoms with Gasteiger partial charge in [0.15, 0.2) is 0 Å². The molecule has 0 fully saturated rings. The van der Waals surface area contributed by atoms with Crippen LogP contribution in [0.4, 0.5) is 23.4 Å². The van der Waals surface area contributed by atoms with Crippen LogP contribution >= 0.6 is 0 Å². The second kappa shape index (κ2) is 7.29. The molecule has 2 rings (SSSR count). The van der Waals surface area contributed by atoms with Crippen LogP contribution in [0.25, 0.3) is 0 Å². The summed E-state index contributed by atoms with van der Waals surface area (Å²) in [6.45, 7) is 0.0149. The first-order valence-electron chi connectivity index (χ1n) is 7.07. The average molecular weight is 341 g/mol. The SMILES string of the molecule is NC(=O)C(CNc1cccc(C(F)(F)F)n1)Cc1ccc(F)cc1. The van der Waals surface area contributed by atoms with Crippen LogP contribution in [-0.4, -0.2) is 17.4 Å². The summed E-state index contributed by atoms with van der Waals surface area (Å²) >= 11 is 0. The minimum absolute atomic E-state index is 0.00446. The molecule has 2 aromatic rings. The van der Waals surface area contributed by atoms with Crippen LogP contribution in [0.2, 0.25) is 0 Å². The highest BCUT2D eigenvalue weighted by Crippen LogP contribution is 2.28. The summed E-state index contributed by atoms with van der Waals surface area (Å²) in [5.74, 6) is -1.69. The number of amides is 1. The first kappa shape index (κ1) is 17.7. The minimum atomic E-state index is -4.55. The van der Waals surface area contributed by atoms with Crippen molar-refractivity contribution >= 4 is 11.7 Å². The largest absolute Gasteiger partial charge is 0.433 e. The van der Waals surface area contributed by atoms with E-state index in [0.29, 0.717) is 5.56 Å². The molecule has 0 aliphatic carbocycles. The highest BCUT2D eigenvalue weighted by Gasteiger charge is 2.32. The van der Waals surface area contributed by atoms with Crippen molar-refractivity contribution in [1.82, 2.24) is 4.98 Å². The highest BCUT2D eigenvalue weighted by molar-refractivity contribution is 5.77. The third-order valence-electron chi connectivity index (χ3n) is 3.37. The van der Waals surface area contributed by atoms with Gasteiger partial charge in [0.1, 0.15) is 17.3 Å². The zero-order valence-corrected chi connectivity index (χ0v) is 12.5. The van der Waals surface area contributed by atoms with Crippen LogP contribution in [0.3, 0.4) is 0 Å². The highest BCUT2D eigenvalue weighted by atomic mass is 19.4. The lowest BCUT2D eigenvalue weighted by Gasteiger charge is -2.15. The third-order valence-corrected chi connectivity index (χ3v) is 3.37. The van der Waals surface area contributed by atoms with Gasteiger partial charge in [0.25, 0.3) is 0 Å². The van der Waals surface area contributed by atoms with E-state index in [1.54, 1.807) is 0 Å². The summed E-state index contributed by atoms with van der Waals surface area (Å²) in [5.41, 5.74) is 4.99. The molecule has 0 radical (unpaired) electrons. The molecular formula is C16H15F4N3O. The van der Waals surface area contributed by atoms with Gasteiger partial charge in [-0.15, -0.1) is 0 Å². The lowest BCUT2D eigenvalue weighted by atomic mass is 9.98. The number of halogens is 4. The Morgan fingerprint density at radius 3 is 2.42 bits per heavy atom. The lowest BCUT2D eigenvalue weighted by Crippen LogP contribution is -2.31. The van der Waals surface area contributed by atoms with Crippen molar-refractivity contribution in [2.75, 3.05) is 11.9 Å². The number of nitrogens with one attached hydrogen (secondary N) is 1. The Hall–Kier alpha value is -2.64. The first-order valence-corrected chi connectivity index (χ1v) is 7.07. The van der Waals surface area contributed by atoms with Gasteiger partial charge < -0.3 is 11.1 Å². The molecule has 1 aromatic carbocycles. The molecule has 1 heterocycles. The quantitative estimate of drug-likeness (QED) is 0.794. The van der Waals surface area contributed by atoms with Crippen molar-refractivity contribution in [3.05, 3.63) is 59.5 Å². The molecule has 1 amide bonds. The van der Waals surface area contributed by atoms with Crippen LogP contribution in [0, 0.1) is 11.7 Å². The molecule has 0 spiro atoms. The minimum Gasteiger partial charge on any atom is -0.369 e.